The summed E-state index contributed by atoms with van der Waals surface area (Å²) in [7, 11) is 3.80. The first-order valence-corrected chi connectivity index (χ1v) is 14.7. The molecule has 218 valence electrons. The molecule has 2 N–H and O–H groups in total. The minimum atomic E-state index is -0.294. The van der Waals surface area contributed by atoms with E-state index in [9.17, 15) is 10.1 Å². The number of carbonyl (C=O) groups excluding carboxylic acids is 1. The molecule has 2 saturated heterocycles. The monoisotopic (exact) mass is 574 g/mol. The van der Waals surface area contributed by atoms with Gasteiger partial charge in [-0.05, 0) is 57.0 Å². The summed E-state index contributed by atoms with van der Waals surface area (Å²) in [5.41, 5.74) is 5.14. The third kappa shape index (κ3) is 4.85. The summed E-state index contributed by atoms with van der Waals surface area (Å²) < 4.78 is 8.12. The van der Waals surface area contributed by atoms with Gasteiger partial charge in [0.2, 0.25) is 11.9 Å². The van der Waals surface area contributed by atoms with E-state index in [-0.39, 0.29) is 5.91 Å². The normalized spacial score (nSPS) is 19.7. The van der Waals surface area contributed by atoms with Crippen LogP contribution in [0.15, 0.2) is 61.4 Å². The van der Waals surface area contributed by atoms with E-state index in [1.807, 2.05) is 24.3 Å². The van der Waals surface area contributed by atoms with Crippen molar-refractivity contribution >= 4 is 39.8 Å². The van der Waals surface area contributed by atoms with Crippen LogP contribution in [0.4, 0.5) is 23.0 Å². The van der Waals surface area contributed by atoms with Crippen LogP contribution in [0.5, 0.6) is 5.75 Å². The van der Waals surface area contributed by atoms with Crippen molar-refractivity contribution in [1.82, 2.24) is 19.4 Å². The number of nitrogens with one attached hydrogen (secondary N) is 2. The molecule has 3 fully saturated rings. The molecule has 0 spiro atoms. The number of para-hydroxylation sites is 1. The van der Waals surface area contributed by atoms with Gasteiger partial charge in [0.25, 0.3) is 0 Å². The lowest BCUT2D eigenvalue weighted by Crippen LogP contribution is -2.32. The van der Waals surface area contributed by atoms with Gasteiger partial charge in [-0.15, -0.1) is 0 Å². The number of benzene rings is 2. The van der Waals surface area contributed by atoms with Crippen LogP contribution in [0, 0.1) is 17.2 Å². The summed E-state index contributed by atoms with van der Waals surface area (Å²) in [6.07, 6.45) is 8.39. The molecule has 1 saturated carbocycles. The topological polar surface area (TPSA) is 111 Å². The highest BCUT2D eigenvalue weighted by molar-refractivity contribution is 6.02. The predicted molar refractivity (Wildman–Crippen MR) is 168 cm³/mol. The van der Waals surface area contributed by atoms with Gasteiger partial charge in [0.1, 0.15) is 11.8 Å². The van der Waals surface area contributed by atoms with Gasteiger partial charge in [-0.3, -0.25) is 4.79 Å². The van der Waals surface area contributed by atoms with Gasteiger partial charge in [0.05, 0.1) is 41.6 Å². The number of methoxy groups -OCH3 is 1. The minimum absolute atomic E-state index is 0.294. The van der Waals surface area contributed by atoms with Crippen LogP contribution in [0.25, 0.3) is 22.2 Å². The lowest BCUT2D eigenvalue weighted by Gasteiger charge is -2.26. The largest absolute Gasteiger partial charge is 0.494 e. The van der Waals surface area contributed by atoms with Crippen LogP contribution in [-0.2, 0) is 4.79 Å². The summed E-state index contributed by atoms with van der Waals surface area (Å²) in [5, 5.41) is 17.3. The maximum absolute atomic E-state index is 12.5. The summed E-state index contributed by atoms with van der Waals surface area (Å²) in [4.78, 5) is 26.5. The second kappa shape index (κ2) is 10.7. The minimum Gasteiger partial charge on any atom is -0.494 e. The number of ether oxygens (including phenoxy) is 1. The summed E-state index contributed by atoms with van der Waals surface area (Å²) in [6.45, 7) is 6.55. The average molecular weight is 575 g/mol. The Labute approximate surface area is 250 Å². The molecule has 0 unspecified atom stereocenters. The molecule has 1 aliphatic carbocycles. The number of nitrogens with zero attached hydrogens (tertiary/aromatic N) is 6. The molecule has 2 aromatic carbocycles. The average Bonchev–Trinajstić information content (AvgIpc) is 3.52. The van der Waals surface area contributed by atoms with Crippen molar-refractivity contribution in [2.24, 2.45) is 5.92 Å². The molecule has 4 aromatic rings. The van der Waals surface area contributed by atoms with Crippen molar-refractivity contribution in [2.45, 2.75) is 31.3 Å². The van der Waals surface area contributed by atoms with Crippen LogP contribution in [-0.4, -0.2) is 65.2 Å². The second-order valence-corrected chi connectivity index (χ2v) is 11.7. The molecule has 2 aliphatic heterocycles. The van der Waals surface area contributed by atoms with E-state index in [1.54, 1.807) is 13.3 Å². The van der Waals surface area contributed by atoms with E-state index in [0.29, 0.717) is 52.3 Å². The first-order valence-electron chi connectivity index (χ1n) is 14.7. The van der Waals surface area contributed by atoms with Gasteiger partial charge in [0.15, 0.2) is 0 Å². The van der Waals surface area contributed by atoms with Crippen molar-refractivity contribution in [3.05, 3.63) is 67.0 Å². The molecule has 10 nitrogen and oxygen atoms in total. The molecular weight excluding hydrogens is 540 g/mol. The molecule has 7 rings (SSSR count). The third-order valence-corrected chi connectivity index (χ3v) is 9.02. The van der Waals surface area contributed by atoms with E-state index in [0.717, 1.165) is 54.6 Å². The van der Waals surface area contributed by atoms with Gasteiger partial charge >= 0.3 is 0 Å². The first-order chi connectivity index (χ1) is 21.0. The molecule has 2 aromatic heterocycles. The predicted octanol–water partition coefficient (Wildman–Crippen LogP) is 5.32. The zero-order chi connectivity index (χ0) is 29.7. The number of hydrogen-bond donors (Lipinski definition) is 2. The molecule has 2 atom stereocenters. The smallest absolute Gasteiger partial charge is 0.247 e. The fourth-order valence-corrected chi connectivity index (χ4v) is 6.65. The quantitative estimate of drug-likeness (QED) is 0.272. The number of carbonyl (C=O) groups is 1. The Morgan fingerprint density at radius 3 is 2.77 bits per heavy atom. The third-order valence-electron chi connectivity index (χ3n) is 9.02. The highest BCUT2D eigenvalue weighted by Gasteiger charge is 2.40. The van der Waals surface area contributed by atoms with Crippen LogP contribution in [0.3, 0.4) is 0 Å². The Kier molecular flexibility index (Phi) is 6.75. The van der Waals surface area contributed by atoms with Gasteiger partial charge in [-0.25, -0.2) is 9.97 Å². The van der Waals surface area contributed by atoms with E-state index in [4.69, 9.17) is 9.72 Å². The zero-order valence-corrected chi connectivity index (χ0v) is 24.4. The number of likely N-dealkylation sites (tertiary alicyclic amines) is 1. The lowest BCUT2D eigenvalue weighted by molar-refractivity contribution is -0.111. The Morgan fingerprint density at radius 2 is 2.02 bits per heavy atom. The molecule has 3 aliphatic rings. The number of amides is 1. The highest BCUT2D eigenvalue weighted by Crippen LogP contribution is 2.43. The highest BCUT2D eigenvalue weighted by atomic mass is 16.5. The standard InChI is InChI=1S/C33H34N8O2/c1-4-31(42)36-25-13-26(30(43-3)14-28(25)40-17-20-11-12-39(2)29(20)19-40)37-33-35-16-21(15-34)32(38-33)24-18-41(22-9-10-22)27-8-6-5-7-23(24)27/h4-8,13-14,16,18,20,22,29H,1,9-12,17,19H2,2-3H3,(H,36,42)(H,35,37,38)/t20-,29+/m1/s1. The van der Waals surface area contributed by atoms with Crippen molar-refractivity contribution in [2.75, 3.05) is 49.3 Å². The molecule has 43 heavy (non-hydrogen) atoms. The van der Waals surface area contributed by atoms with Gasteiger partial charge in [0, 0.05) is 53.9 Å². The Bertz CT molecular complexity index is 1790. The number of likely N-dealkylation sites (N-methyl/N-ethyl adjacent to an activating group) is 1. The number of aromatic nitrogens is 3. The number of nitriles is 1. The second-order valence-electron chi connectivity index (χ2n) is 11.7. The zero-order valence-electron chi connectivity index (χ0n) is 24.4. The van der Waals surface area contributed by atoms with Crippen LogP contribution in [0.1, 0.15) is 30.9 Å². The molecule has 10 heteroatoms. The van der Waals surface area contributed by atoms with Gasteiger partial charge < -0.3 is 29.7 Å². The Balaban J connectivity index is 1.27. The molecular formula is C33H34N8O2. The molecule has 4 heterocycles. The van der Waals surface area contributed by atoms with Crippen LogP contribution < -0.4 is 20.3 Å². The number of anilines is 4. The van der Waals surface area contributed by atoms with Gasteiger partial charge in [-0.2, -0.15) is 5.26 Å². The van der Waals surface area contributed by atoms with E-state index in [1.165, 1.54) is 12.5 Å². The SMILES string of the molecule is C=CC(=O)Nc1cc(Nc2ncc(C#N)c(-c3cn(C4CC4)c4ccccc34)n2)c(OC)cc1N1C[C@H]2CCN(C)[C@H]2C1. The van der Waals surface area contributed by atoms with E-state index in [2.05, 4.69) is 68.0 Å². The number of rotatable bonds is 8. The summed E-state index contributed by atoms with van der Waals surface area (Å²) in [5.74, 6) is 1.21. The van der Waals surface area contributed by atoms with E-state index < -0.39 is 0 Å². The van der Waals surface area contributed by atoms with E-state index >= 15 is 0 Å². The fraction of sp³-hybridized carbons (Fsp3) is 0.333. The van der Waals surface area contributed by atoms with Crippen LogP contribution >= 0.6 is 0 Å². The molecule has 0 radical (unpaired) electrons. The molecule has 0 bridgehead atoms. The summed E-state index contributed by atoms with van der Waals surface area (Å²) >= 11 is 0. The maximum atomic E-state index is 12.5. The van der Waals surface area contributed by atoms with Crippen molar-refractivity contribution in [1.29, 1.82) is 5.26 Å². The number of fused-ring (bicyclic) bond motifs is 2. The summed E-state index contributed by atoms with van der Waals surface area (Å²) in [6, 6.07) is 15.3. The Morgan fingerprint density at radius 1 is 1.19 bits per heavy atom. The maximum Gasteiger partial charge on any atom is 0.247 e. The number of hydrogen-bond acceptors (Lipinski definition) is 8. The van der Waals surface area contributed by atoms with Crippen LogP contribution in [0.2, 0.25) is 0 Å². The fourth-order valence-electron chi connectivity index (χ4n) is 6.65. The Hall–Kier alpha value is -4.88. The molecule has 1 amide bonds. The van der Waals surface area contributed by atoms with Crippen molar-refractivity contribution in [3.8, 4) is 23.1 Å². The van der Waals surface area contributed by atoms with Crippen molar-refractivity contribution in [3.63, 3.8) is 0 Å². The van der Waals surface area contributed by atoms with Gasteiger partial charge in [-0.1, -0.05) is 24.8 Å². The lowest BCUT2D eigenvalue weighted by atomic mass is 10.1. The van der Waals surface area contributed by atoms with Crippen molar-refractivity contribution < 1.29 is 9.53 Å². The first kappa shape index (κ1) is 27.0.